The van der Waals surface area contributed by atoms with Crippen molar-refractivity contribution in [3.8, 4) is 0 Å². The van der Waals surface area contributed by atoms with E-state index in [1.807, 2.05) is 24.3 Å². The molecule has 2 N–H and O–H groups in total. The minimum atomic E-state index is -0.407. The Morgan fingerprint density at radius 3 is 2.40 bits per heavy atom. The van der Waals surface area contributed by atoms with Gasteiger partial charge in [0.05, 0.1) is 31.9 Å². The van der Waals surface area contributed by atoms with Crippen molar-refractivity contribution in [1.29, 1.82) is 0 Å². The minimum absolute atomic E-state index is 0.0999. The number of ether oxygens (including phenoxy) is 2. The van der Waals surface area contributed by atoms with Gasteiger partial charge in [-0.1, -0.05) is 23.7 Å². The van der Waals surface area contributed by atoms with Crippen molar-refractivity contribution in [2.75, 3.05) is 57.5 Å². The number of nitrogens with zero attached hydrogens (tertiary/aromatic N) is 2. The van der Waals surface area contributed by atoms with Crippen molar-refractivity contribution in [2.45, 2.75) is 13.1 Å². The molecular weight excluding hydrogens is 468 g/mol. The lowest BCUT2D eigenvalue weighted by atomic mass is 10.0. The van der Waals surface area contributed by atoms with Gasteiger partial charge in [0, 0.05) is 61.6 Å². The van der Waals surface area contributed by atoms with E-state index in [0.29, 0.717) is 43.4 Å². The van der Waals surface area contributed by atoms with E-state index < -0.39 is 5.91 Å². The predicted octanol–water partition coefficient (Wildman–Crippen LogP) is 2.78. The van der Waals surface area contributed by atoms with Crippen LogP contribution in [0.25, 0.3) is 10.9 Å². The van der Waals surface area contributed by atoms with Gasteiger partial charge in [0.15, 0.2) is 0 Å². The highest BCUT2D eigenvalue weighted by molar-refractivity contribution is 6.30. The predicted molar refractivity (Wildman–Crippen MR) is 136 cm³/mol. The quantitative estimate of drug-likeness (QED) is 0.546. The van der Waals surface area contributed by atoms with E-state index in [1.54, 1.807) is 12.1 Å². The Bertz CT molecular complexity index is 1250. The smallest absolute Gasteiger partial charge is 0.257 e. The lowest BCUT2D eigenvalue weighted by Gasteiger charge is -2.33. The van der Waals surface area contributed by atoms with Crippen molar-refractivity contribution < 1.29 is 14.3 Å². The first-order valence-electron chi connectivity index (χ1n) is 11.9. The van der Waals surface area contributed by atoms with Gasteiger partial charge in [-0.15, -0.1) is 0 Å². The number of anilines is 1. The summed E-state index contributed by atoms with van der Waals surface area (Å²) >= 11 is 5.93. The molecule has 184 valence electrons. The fraction of sp³-hybridized carbons (Fsp3) is 0.385. The van der Waals surface area contributed by atoms with Crippen molar-refractivity contribution in [3.05, 3.63) is 74.5 Å². The molecule has 2 aliphatic heterocycles. The molecule has 3 aromatic rings. The highest BCUT2D eigenvalue weighted by Gasteiger charge is 2.21. The first kappa shape index (κ1) is 23.8. The van der Waals surface area contributed by atoms with Crippen LogP contribution in [-0.2, 0) is 22.6 Å². The van der Waals surface area contributed by atoms with Crippen molar-refractivity contribution in [2.24, 2.45) is 0 Å². The molecule has 0 aliphatic carbocycles. The number of H-pyrrole nitrogens is 1. The second-order valence-electron chi connectivity index (χ2n) is 8.86. The van der Waals surface area contributed by atoms with Crippen LogP contribution in [0, 0.1) is 0 Å². The summed E-state index contributed by atoms with van der Waals surface area (Å²) in [7, 11) is 0. The summed E-state index contributed by atoms with van der Waals surface area (Å²) in [5.41, 5.74) is 3.62. The molecule has 35 heavy (non-hydrogen) atoms. The number of rotatable bonds is 6. The van der Waals surface area contributed by atoms with E-state index >= 15 is 0 Å². The number of hydrogen-bond acceptors (Lipinski definition) is 6. The van der Waals surface area contributed by atoms with Gasteiger partial charge in [0.2, 0.25) is 5.43 Å². The molecule has 0 unspecified atom stereocenters. The summed E-state index contributed by atoms with van der Waals surface area (Å²) in [6, 6.07) is 11.2. The number of amides is 1. The maximum Gasteiger partial charge on any atom is 0.257 e. The van der Waals surface area contributed by atoms with Crippen LogP contribution in [0.4, 0.5) is 5.69 Å². The molecule has 9 heteroatoms. The fourth-order valence-electron chi connectivity index (χ4n) is 4.57. The Morgan fingerprint density at radius 1 is 1.00 bits per heavy atom. The third-order valence-corrected chi connectivity index (χ3v) is 6.79. The van der Waals surface area contributed by atoms with Crippen molar-refractivity contribution in [3.63, 3.8) is 0 Å². The van der Waals surface area contributed by atoms with Gasteiger partial charge in [-0.2, -0.15) is 0 Å². The van der Waals surface area contributed by atoms with Gasteiger partial charge >= 0.3 is 0 Å². The number of aromatic amines is 1. The van der Waals surface area contributed by atoms with Crippen LogP contribution in [0.1, 0.15) is 21.5 Å². The summed E-state index contributed by atoms with van der Waals surface area (Å²) in [6.07, 6.45) is 1.51. The Kier molecular flexibility index (Phi) is 7.34. The Hall–Kier alpha value is -2.91. The molecule has 2 fully saturated rings. The molecule has 2 saturated heterocycles. The average molecular weight is 497 g/mol. The van der Waals surface area contributed by atoms with Crippen molar-refractivity contribution in [1.82, 2.24) is 15.2 Å². The number of carbonyl (C=O) groups is 1. The van der Waals surface area contributed by atoms with Gasteiger partial charge in [-0.3, -0.25) is 14.5 Å². The molecular formula is C26H29ClN4O4. The third kappa shape index (κ3) is 5.51. The normalized spacial score (nSPS) is 17.0. The van der Waals surface area contributed by atoms with Gasteiger partial charge in [0.25, 0.3) is 5.91 Å². The largest absolute Gasteiger partial charge is 0.379 e. The zero-order chi connectivity index (χ0) is 24.2. The molecule has 0 saturated carbocycles. The molecule has 1 amide bonds. The van der Waals surface area contributed by atoms with E-state index in [4.69, 9.17) is 21.1 Å². The lowest BCUT2D eigenvalue weighted by molar-refractivity contribution is 0.0342. The first-order valence-corrected chi connectivity index (χ1v) is 12.3. The number of pyridine rings is 1. The number of fused-ring (bicyclic) bond motifs is 1. The van der Waals surface area contributed by atoms with Crippen LogP contribution >= 0.6 is 11.6 Å². The van der Waals surface area contributed by atoms with Crippen LogP contribution in [0.15, 0.2) is 47.4 Å². The van der Waals surface area contributed by atoms with Gasteiger partial charge in [0.1, 0.15) is 5.56 Å². The van der Waals surface area contributed by atoms with Crippen LogP contribution < -0.4 is 15.6 Å². The number of hydrogen-bond donors (Lipinski definition) is 2. The van der Waals surface area contributed by atoms with E-state index in [0.717, 1.165) is 55.1 Å². The Labute approximate surface area is 208 Å². The van der Waals surface area contributed by atoms with Crippen LogP contribution in [0.5, 0.6) is 0 Å². The van der Waals surface area contributed by atoms with Crippen LogP contribution in [0.3, 0.4) is 0 Å². The van der Waals surface area contributed by atoms with Crippen molar-refractivity contribution >= 4 is 34.1 Å². The summed E-state index contributed by atoms with van der Waals surface area (Å²) in [4.78, 5) is 34.1. The number of aromatic nitrogens is 1. The standard InChI is InChI=1S/C26H29ClN4O4/c27-20-3-1-18(2-4-20)15-29-26(33)22-16-28-23-14-24(31-7-11-35-12-8-31)19(13-21(23)25(22)32)17-30-5-9-34-10-6-30/h1-4,13-14,16H,5-12,15,17H2,(H,28,32)(H,29,33). The highest BCUT2D eigenvalue weighted by Crippen LogP contribution is 2.28. The molecule has 0 bridgehead atoms. The Morgan fingerprint density at radius 2 is 1.69 bits per heavy atom. The molecule has 8 nitrogen and oxygen atoms in total. The molecule has 3 heterocycles. The monoisotopic (exact) mass is 496 g/mol. The molecule has 2 aliphatic rings. The number of morpholine rings is 2. The van der Waals surface area contributed by atoms with E-state index in [-0.39, 0.29) is 11.0 Å². The first-order chi connectivity index (χ1) is 17.1. The molecule has 2 aromatic carbocycles. The number of benzene rings is 2. The second kappa shape index (κ2) is 10.8. The number of carbonyl (C=O) groups excluding carboxylic acids is 1. The zero-order valence-electron chi connectivity index (χ0n) is 19.5. The molecule has 0 spiro atoms. The fourth-order valence-corrected chi connectivity index (χ4v) is 4.70. The molecule has 1 aromatic heterocycles. The van der Waals surface area contributed by atoms with Crippen LogP contribution in [-0.4, -0.2) is 68.4 Å². The maximum atomic E-state index is 13.4. The van der Waals surface area contributed by atoms with E-state index in [2.05, 4.69) is 20.1 Å². The molecule has 0 radical (unpaired) electrons. The topological polar surface area (TPSA) is 86.9 Å². The second-order valence-corrected chi connectivity index (χ2v) is 9.29. The maximum absolute atomic E-state index is 13.4. The summed E-state index contributed by atoms with van der Waals surface area (Å²) in [6.45, 7) is 7.11. The summed E-state index contributed by atoms with van der Waals surface area (Å²) in [5.74, 6) is -0.407. The number of halogens is 1. The summed E-state index contributed by atoms with van der Waals surface area (Å²) in [5, 5.41) is 3.99. The average Bonchev–Trinajstić information content (AvgIpc) is 2.89. The third-order valence-electron chi connectivity index (χ3n) is 6.54. The zero-order valence-corrected chi connectivity index (χ0v) is 20.3. The SMILES string of the molecule is O=C(NCc1ccc(Cl)cc1)c1c[nH]c2cc(N3CCOCC3)c(CN3CCOCC3)cc2c1=O. The van der Waals surface area contributed by atoms with Gasteiger partial charge < -0.3 is 24.7 Å². The number of nitrogens with one attached hydrogen (secondary N) is 2. The molecule has 0 atom stereocenters. The van der Waals surface area contributed by atoms with E-state index in [9.17, 15) is 9.59 Å². The lowest BCUT2D eigenvalue weighted by Crippen LogP contribution is -2.39. The summed E-state index contributed by atoms with van der Waals surface area (Å²) < 4.78 is 11.0. The van der Waals surface area contributed by atoms with Gasteiger partial charge in [-0.05, 0) is 35.4 Å². The Balaban J connectivity index is 1.45. The van der Waals surface area contributed by atoms with Gasteiger partial charge in [-0.25, -0.2) is 0 Å². The molecule has 5 rings (SSSR count). The highest BCUT2D eigenvalue weighted by atomic mass is 35.5. The van der Waals surface area contributed by atoms with Crippen LogP contribution in [0.2, 0.25) is 5.02 Å². The minimum Gasteiger partial charge on any atom is -0.379 e. The van der Waals surface area contributed by atoms with E-state index in [1.165, 1.54) is 6.20 Å².